The first kappa shape index (κ1) is 23.0. The van der Waals surface area contributed by atoms with Crippen molar-refractivity contribution in [2.45, 2.75) is 25.7 Å². The van der Waals surface area contributed by atoms with Gasteiger partial charge in [-0.25, -0.2) is 18.8 Å². The minimum Gasteiger partial charge on any atom is -0.450 e. The van der Waals surface area contributed by atoms with Gasteiger partial charge in [-0.15, -0.1) is 0 Å². The topological polar surface area (TPSA) is 92.9 Å². The highest BCUT2D eigenvalue weighted by atomic mass is 16.6. The molecule has 2 aliphatic heterocycles. The van der Waals surface area contributed by atoms with Crippen molar-refractivity contribution in [1.29, 1.82) is 0 Å². The summed E-state index contributed by atoms with van der Waals surface area (Å²) in [6, 6.07) is 9.60. The summed E-state index contributed by atoms with van der Waals surface area (Å²) in [5, 5.41) is 4.54. The van der Waals surface area contributed by atoms with E-state index in [1.54, 1.807) is 23.4 Å². The molecule has 178 valence electrons. The fraction of sp³-hybridized carbons (Fsp3) is 0.565. The first-order valence-electron chi connectivity index (χ1n) is 11.6. The van der Waals surface area contributed by atoms with Crippen LogP contribution in [0.3, 0.4) is 0 Å². The predicted molar refractivity (Wildman–Crippen MR) is 122 cm³/mol. The van der Waals surface area contributed by atoms with Crippen LogP contribution in [0.1, 0.15) is 31.5 Å². The highest BCUT2D eigenvalue weighted by molar-refractivity contribution is 5.78. The Bertz CT molecular complexity index is 1020. The first-order valence-corrected chi connectivity index (χ1v) is 11.6. The average molecular weight is 457 g/mol. The summed E-state index contributed by atoms with van der Waals surface area (Å²) in [6.45, 7) is 6.14. The molecule has 10 heteroatoms. The number of carbonyl (C=O) groups is 2. The fourth-order valence-corrected chi connectivity index (χ4v) is 4.56. The lowest BCUT2D eigenvalue weighted by molar-refractivity contribution is -0.134. The van der Waals surface area contributed by atoms with Crippen LogP contribution in [0.15, 0.2) is 35.1 Å². The van der Waals surface area contributed by atoms with Gasteiger partial charge in [-0.2, -0.15) is 5.10 Å². The molecule has 0 bridgehead atoms. The summed E-state index contributed by atoms with van der Waals surface area (Å²) in [7, 11) is 1.68. The number of benzene rings is 1. The van der Waals surface area contributed by atoms with E-state index in [-0.39, 0.29) is 23.6 Å². The number of aromatic nitrogens is 3. The lowest BCUT2D eigenvalue weighted by Gasteiger charge is -2.36. The maximum Gasteiger partial charge on any atom is 0.409 e. The number of carbonyl (C=O) groups excluding carboxylic acids is 2. The van der Waals surface area contributed by atoms with Crippen LogP contribution in [0.4, 0.5) is 4.79 Å². The second-order valence-corrected chi connectivity index (χ2v) is 8.55. The molecule has 4 rings (SSSR count). The third-order valence-electron chi connectivity index (χ3n) is 6.43. The number of para-hydroxylation sites is 1. The number of ether oxygens (including phenoxy) is 1. The van der Waals surface area contributed by atoms with Crippen LogP contribution < -0.4 is 5.69 Å². The van der Waals surface area contributed by atoms with Gasteiger partial charge in [0.2, 0.25) is 5.91 Å². The van der Waals surface area contributed by atoms with E-state index in [4.69, 9.17) is 4.74 Å². The Morgan fingerprint density at radius 1 is 1.00 bits per heavy atom. The Labute approximate surface area is 193 Å². The van der Waals surface area contributed by atoms with Crippen LogP contribution in [0.25, 0.3) is 5.69 Å². The number of piperazine rings is 1. The zero-order valence-corrected chi connectivity index (χ0v) is 19.4. The molecule has 2 fully saturated rings. The molecule has 0 saturated carbocycles. The van der Waals surface area contributed by atoms with Gasteiger partial charge in [0.25, 0.3) is 0 Å². The van der Waals surface area contributed by atoms with Crippen molar-refractivity contribution in [3.63, 3.8) is 0 Å². The summed E-state index contributed by atoms with van der Waals surface area (Å²) >= 11 is 0. The van der Waals surface area contributed by atoms with Gasteiger partial charge >= 0.3 is 11.8 Å². The number of hydrogen-bond donors (Lipinski definition) is 0. The molecular weight excluding hydrogens is 424 g/mol. The molecule has 2 aromatic rings. The smallest absolute Gasteiger partial charge is 0.409 e. The first-order chi connectivity index (χ1) is 16.0. The van der Waals surface area contributed by atoms with Gasteiger partial charge in [0.15, 0.2) is 0 Å². The second kappa shape index (κ2) is 10.2. The van der Waals surface area contributed by atoms with Crippen LogP contribution in [-0.4, -0.2) is 93.5 Å². The molecule has 0 atom stereocenters. The highest BCUT2D eigenvalue weighted by Gasteiger charge is 2.30. The lowest BCUT2D eigenvalue weighted by Crippen LogP contribution is -2.53. The zero-order chi connectivity index (χ0) is 23.4. The summed E-state index contributed by atoms with van der Waals surface area (Å²) in [5.74, 6) is 1.05. The number of hydrogen-bond acceptors (Lipinski definition) is 6. The molecular formula is C23H32N6O4. The van der Waals surface area contributed by atoms with Crippen LogP contribution in [-0.2, 0) is 16.6 Å². The van der Waals surface area contributed by atoms with Gasteiger partial charge in [0, 0.05) is 39.1 Å². The highest BCUT2D eigenvalue weighted by Crippen LogP contribution is 2.27. The molecule has 0 spiro atoms. The van der Waals surface area contributed by atoms with Crippen LogP contribution >= 0.6 is 0 Å². The van der Waals surface area contributed by atoms with Crippen molar-refractivity contribution >= 4 is 12.0 Å². The van der Waals surface area contributed by atoms with E-state index in [1.165, 1.54) is 4.68 Å². The Kier molecular flexibility index (Phi) is 7.12. The van der Waals surface area contributed by atoms with E-state index in [9.17, 15) is 14.4 Å². The van der Waals surface area contributed by atoms with E-state index < -0.39 is 0 Å². The third-order valence-corrected chi connectivity index (χ3v) is 6.43. The number of rotatable bonds is 5. The molecule has 10 nitrogen and oxygen atoms in total. The molecule has 0 radical (unpaired) electrons. The van der Waals surface area contributed by atoms with E-state index in [2.05, 4.69) is 10.00 Å². The second-order valence-electron chi connectivity index (χ2n) is 8.55. The van der Waals surface area contributed by atoms with Crippen molar-refractivity contribution in [2.75, 3.05) is 52.4 Å². The van der Waals surface area contributed by atoms with Crippen molar-refractivity contribution in [3.05, 3.63) is 46.6 Å². The Balaban J connectivity index is 1.32. The maximum atomic E-state index is 12.8. The average Bonchev–Trinajstić information content (AvgIpc) is 3.14. The van der Waals surface area contributed by atoms with Gasteiger partial charge in [-0.3, -0.25) is 9.69 Å². The minimum atomic E-state index is -0.310. The summed E-state index contributed by atoms with van der Waals surface area (Å²) < 4.78 is 8.14. The monoisotopic (exact) mass is 456 g/mol. The maximum absolute atomic E-state index is 12.8. The van der Waals surface area contributed by atoms with E-state index in [1.807, 2.05) is 35.2 Å². The molecule has 1 aromatic heterocycles. The molecule has 1 aromatic carbocycles. The number of aryl methyl sites for hydroxylation is 1. The normalized spacial score (nSPS) is 17.9. The van der Waals surface area contributed by atoms with E-state index in [0.717, 1.165) is 37.4 Å². The molecule has 2 aliphatic rings. The van der Waals surface area contributed by atoms with Crippen molar-refractivity contribution in [3.8, 4) is 5.69 Å². The quantitative estimate of drug-likeness (QED) is 0.668. The number of amides is 2. The Morgan fingerprint density at radius 3 is 2.27 bits per heavy atom. The van der Waals surface area contributed by atoms with Gasteiger partial charge in [0.1, 0.15) is 5.82 Å². The number of nitrogens with zero attached hydrogens (tertiary/aromatic N) is 6. The zero-order valence-electron chi connectivity index (χ0n) is 19.4. The SMILES string of the molecule is CCOC(=O)N1CCN(C(=O)CN2CCC(c3nn(C)c(=O)n3-c3ccccc3)CC2)CC1. The molecule has 2 amide bonds. The molecule has 0 aliphatic carbocycles. The largest absolute Gasteiger partial charge is 0.450 e. The van der Waals surface area contributed by atoms with Crippen LogP contribution in [0, 0.1) is 0 Å². The third kappa shape index (κ3) is 5.11. The van der Waals surface area contributed by atoms with E-state index >= 15 is 0 Å². The Hall–Kier alpha value is -3.14. The number of likely N-dealkylation sites (tertiary alicyclic amines) is 1. The van der Waals surface area contributed by atoms with Gasteiger partial charge in [-0.1, -0.05) is 18.2 Å². The lowest BCUT2D eigenvalue weighted by atomic mass is 9.95. The van der Waals surface area contributed by atoms with Crippen molar-refractivity contribution < 1.29 is 14.3 Å². The van der Waals surface area contributed by atoms with Crippen molar-refractivity contribution in [2.24, 2.45) is 7.05 Å². The number of piperidine rings is 1. The standard InChI is InChI=1S/C23H32N6O4/c1-3-33-23(32)28-15-13-27(14-16-28)20(30)17-26-11-9-18(10-12-26)21-24-25(2)22(31)29(21)19-7-5-4-6-8-19/h4-8,18H,3,9-17H2,1-2H3. The summed E-state index contributed by atoms with van der Waals surface area (Å²) in [6.07, 6.45) is 1.37. The van der Waals surface area contributed by atoms with Gasteiger partial charge < -0.3 is 14.5 Å². The molecule has 0 N–H and O–H groups in total. The minimum absolute atomic E-state index is 0.0935. The van der Waals surface area contributed by atoms with Gasteiger partial charge in [0.05, 0.1) is 18.8 Å². The summed E-state index contributed by atoms with van der Waals surface area (Å²) in [5.41, 5.74) is 0.681. The molecule has 0 unspecified atom stereocenters. The summed E-state index contributed by atoms with van der Waals surface area (Å²) in [4.78, 5) is 43.0. The van der Waals surface area contributed by atoms with Crippen LogP contribution in [0.5, 0.6) is 0 Å². The molecule has 3 heterocycles. The fourth-order valence-electron chi connectivity index (χ4n) is 4.56. The molecule has 33 heavy (non-hydrogen) atoms. The predicted octanol–water partition coefficient (Wildman–Crippen LogP) is 1.05. The van der Waals surface area contributed by atoms with Crippen molar-refractivity contribution in [1.82, 2.24) is 29.0 Å². The van der Waals surface area contributed by atoms with Gasteiger partial charge in [-0.05, 0) is 45.0 Å². The Morgan fingerprint density at radius 2 is 1.64 bits per heavy atom. The molecule has 2 saturated heterocycles. The van der Waals surface area contributed by atoms with Crippen LogP contribution in [0.2, 0.25) is 0 Å². The van der Waals surface area contributed by atoms with E-state index in [0.29, 0.717) is 39.3 Å².